The van der Waals surface area contributed by atoms with Crippen molar-refractivity contribution in [3.8, 4) is 0 Å². The van der Waals surface area contributed by atoms with Gasteiger partial charge in [0.2, 0.25) is 0 Å². The van der Waals surface area contributed by atoms with Crippen LogP contribution in [0.1, 0.15) is 28.1 Å². The number of ether oxygens (including phenoxy) is 1. The van der Waals surface area contributed by atoms with E-state index < -0.39 is 0 Å². The summed E-state index contributed by atoms with van der Waals surface area (Å²) in [5.74, 6) is 1.06. The van der Waals surface area contributed by atoms with Crippen LogP contribution < -0.4 is 5.56 Å². The first kappa shape index (κ1) is 14.5. The van der Waals surface area contributed by atoms with Gasteiger partial charge in [-0.1, -0.05) is 0 Å². The van der Waals surface area contributed by atoms with E-state index in [1.54, 1.807) is 24.2 Å². The lowest BCUT2D eigenvalue weighted by Crippen LogP contribution is -2.42. The highest BCUT2D eigenvalue weighted by molar-refractivity contribution is 5.94. The van der Waals surface area contributed by atoms with Gasteiger partial charge in [0.15, 0.2) is 5.82 Å². The summed E-state index contributed by atoms with van der Waals surface area (Å²) < 4.78 is 7.06. The number of nitrogens with one attached hydrogen (secondary N) is 1. The van der Waals surface area contributed by atoms with Gasteiger partial charge in [0.25, 0.3) is 11.5 Å². The topological polar surface area (TPSA) is 93.1 Å². The molecular weight excluding hydrogens is 286 g/mol. The summed E-state index contributed by atoms with van der Waals surface area (Å²) in [4.78, 5) is 30.1. The number of hydrogen-bond donors (Lipinski definition) is 1. The van der Waals surface area contributed by atoms with E-state index in [2.05, 4.69) is 15.2 Å². The van der Waals surface area contributed by atoms with Gasteiger partial charge < -0.3 is 14.2 Å². The molecule has 1 aliphatic rings. The van der Waals surface area contributed by atoms with Crippen LogP contribution in [0.25, 0.3) is 0 Å². The molecule has 0 unspecified atom stereocenters. The van der Waals surface area contributed by atoms with E-state index in [1.165, 1.54) is 10.6 Å². The van der Waals surface area contributed by atoms with E-state index >= 15 is 0 Å². The van der Waals surface area contributed by atoms with Gasteiger partial charge in [-0.15, -0.1) is 0 Å². The molecule has 8 nitrogen and oxygen atoms in total. The average Bonchev–Trinajstić information content (AvgIpc) is 2.96. The van der Waals surface area contributed by atoms with E-state index in [1.807, 2.05) is 6.92 Å². The maximum Gasteiger partial charge on any atom is 0.254 e. The van der Waals surface area contributed by atoms with Gasteiger partial charge in [-0.2, -0.15) is 5.10 Å². The van der Waals surface area contributed by atoms with Crippen LogP contribution in [0, 0.1) is 6.92 Å². The second-order valence-corrected chi connectivity index (χ2v) is 5.25. The van der Waals surface area contributed by atoms with Gasteiger partial charge in [0.1, 0.15) is 11.9 Å². The van der Waals surface area contributed by atoms with E-state index in [-0.39, 0.29) is 17.6 Å². The molecule has 1 N–H and O–H groups in total. The van der Waals surface area contributed by atoms with Crippen molar-refractivity contribution in [2.24, 2.45) is 7.05 Å². The van der Waals surface area contributed by atoms with Crippen molar-refractivity contribution in [2.45, 2.75) is 13.0 Å². The molecule has 0 bridgehead atoms. The van der Waals surface area contributed by atoms with Crippen LogP contribution in [-0.4, -0.2) is 50.3 Å². The Morgan fingerprint density at radius 1 is 1.50 bits per heavy atom. The van der Waals surface area contributed by atoms with Crippen molar-refractivity contribution in [1.29, 1.82) is 0 Å². The summed E-state index contributed by atoms with van der Waals surface area (Å²) in [5, 5.41) is 6.85. The normalized spacial score (nSPS) is 18.5. The minimum atomic E-state index is -0.353. The molecule has 2 aromatic heterocycles. The Hall–Kier alpha value is -2.48. The second-order valence-electron chi connectivity index (χ2n) is 5.25. The molecule has 0 radical (unpaired) electrons. The molecule has 1 atom stereocenters. The van der Waals surface area contributed by atoms with Gasteiger partial charge in [-0.25, -0.2) is 4.98 Å². The lowest BCUT2D eigenvalue weighted by Gasteiger charge is -2.31. The minimum Gasteiger partial charge on any atom is -0.366 e. The van der Waals surface area contributed by atoms with Crippen LogP contribution in [0.15, 0.2) is 23.1 Å². The molecule has 0 saturated carbocycles. The monoisotopic (exact) mass is 303 g/mol. The van der Waals surface area contributed by atoms with Crippen molar-refractivity contribution < 1.29 is 9.53 Å². The number of morpholine rings is 1. The molecule has 22 heavy (non-hydrogen) atoms. The number of pyridine rings is 1. The molecule has 0 spiro atoms. The summed E-state index contributed by atoms with van der Waals surface area (Å²) in [5.41, 5.74) is 0.176. The maximum absolute atomic E-state index is 12.5. The maximum atomic E-state index is 12.5. The summed E-state index contributed by atoms with van der Waals surface area (Å²) in [6.45, 7) is 3.07. The van der Waals surface area contributed by atoms with Crippen molar-refractivity contribution in [1.82, 2.24) is 24.6 Å². The predicted octanol–water partition coefficient (Wildman–Crippen LogP) is 0.0255. The second kappa shape index (κ2) is 5.72. The standard InChI is InChI=1S/C14H17N5O3/c1-9-15-13(17-16-9)11-8-19(5-6-22-11)14(21)10-3-4-18(2)12(20)7-10/h3-4,7,11H,5-6,8H2,1-2H3,(H,15,16,17)/t11-/m0/s1. The van der Waals surface area contributed by atoms with Crippen LogP contribution in [0.2, 0.25) is 0 Å². The zero-order chi connectivity index (χ0) is 15.7. The van der Waals surface area contributed by atoms with E-state index in [0.717, 1.165) is 0 Å². The van der Waals surface area contributed by atoms with E-state index in [0.29, 0.717) is 36.9 Å². The highest BCUT2D eigenvalue weighted by Crippen LogP contribution is 2.20. The van der Waals surface area contributed by atoms with Crippen LogP contribution in [0.5, 0.6) is 0 Å². The number of aryl methyl sites for hydroxylation is 2. The Balaban J connectivity index is 1.77. The zero-order valence-corrected chi connectivity index (χ0v) is 12.4. The lowest BCUT2D eigenvalue weighted by atomic mass is 10.2. The summed E-state index contributed by atoms with van der Waals surface area (Å²) in [6.07, 6.45) is 1.24. The molecule has 2 aromatic rings. The van der Waals surface area contributed by atoms with Gasteiger partial charge in [-0.05, 0) is 13.0 Å². The van der Waals surface area contributed by atoms with Gasteiger partial charge >= 0.3 is 0 Å². The summed E-state index contributed by atoms with van der Waals surface area (Å²) in [7, 11) is 1.65. The number of nitrogens with zero attached hydrogens (tertiary/aromatic N) is 4. The fourth-order valence-corrected chi connectivity index (χ4v) is 2.36. The number of amides is 1. The smallest absolute Gasteiger partial charge is 0.254 e. The third-order valence-corrected chi connectivity index (χ3v) is 3.61. The molecule has 1 amide bonds. The number of aromatic amines is 1. The first-order chi connectivity index (χ1) is 10.5. The number of hydrogen-bond acceptors (Lipinski definition) is 5. The quantitative estimate of drug-likeness (QED) is 0.844. The molecule has 1 aliphatic heterocycles. The fourth-order valence-electron chi connectivity index (χ4n) is 2.36. The zero-order valence-electron chi connectivity index (χ0n) is 12.4. The number of rotatable bonds is 2. The van der Waals surface area contributed by atoms with Crippen LogP contribution >= 0.6 is 0 Å². The predicted molar refractivity (Wildman–Crippen MR) is 77.4 cm³/mol. The average molecular weight is 303 g/mol. The molecule has 3 heterocycles. The Morgan fingerprint density at radius 3 is 3.00 bits per heavy atom. The van der Waals surface area contributed by atoms with Crippen molar-refractivity contribution in [3.05, 3.63) is 45.9 Å². The Kier molecular flexibility index (Phi) is 3.76. The van der Waals surface area contributed by atoms with Crippen LogP contribution in [0.4, 0.5) is 0 Å². The number of carbonyl (C=O) groups is 1. The molecule has 0 aliphatic carbocycles. The fraction of sp³-hybridized carbons (Fsp3) is 0.429. The van der Waals surface area contributed by atoms with Crippen LogP contribution in [-0.2, 0) is 11.8 Å². The third-order valence-electron chi connectivity index (χ3n) is 3.61. The van der Waals surface area contributed by atoms with Gasteiger partial charge in [-0.3, -0.25) is 14.7 Å². The van der Waals surface area contributed by atoms with Crippen molar-refractivity contribution in [2.75, 3.05) is 19.7 Å². The Labute approximate surface area is 126 Å². The summed E-state index contributed by atoms with van der Waals surface area (Å²) >= 11 is 0. The molecule has 1 saturated heterocycles. The molecule has 1 fully saturated rings. The van der Waals surface area contributed by atoms with Gasteiger partial charge in [0.05, 0.1) is 13.2 Å². The van der Waals surface area contributed by atoms with Crippen molar-refractivity contribution >= 4 is 5.91 Å². The summed E-state index contributed by atoms with van der Waals surface area (Å²) in [6, 6.07) is 2.99. The largest absolute Gasteiger partial charge is 0.366 e. The first-order valence-electron chi connectivity index (χ1n) is 7.01. The molecule has 116 valence electrons. The molecular formula is C14H17N5O3. The van der Waals surface area contributed by atoms with E-state index in [9.17, 15) is 9.59 Å². The van der Waals surface area contributed by atoms with Crippen molar-refractivity contribution in [3.63, 3.8) is 0 Å². The Morgan fingerprint density at radius 2 is 2.32 bits per heavy atom. The number of aromatic nitrogens is 4. The highest BCUT2D eigenvalue weighted by Gasteiger charge is 2.28. The molecule has 0 aromatic carbocycles. The van der Waals surface area contributed by atoms with Gasteiger partial charge in [0, 0.05) is 31.4 Å². The van der Waals surface area contributed by atoms with Crippen LogP contribution in [0.3, 0.4) is 0 Å². The Bertz CT molecular complexity index is 751. The minimum absolute atomic E-state index is 0.182. The SMILES string of the molecule is Cc1nc([C@@H]2CN(C(=O)c3ccn(C)c(=O)c3)CCO2)n[nH]1. The third kappa shape index (κ3) is 2.77. The molecule has 8 heteroatoms. The van der Waals surface area contributed by atoms with E-state index in [4.69, 9.17) is 4.74 Å². The highest BCUT2D eigenvalue weighted by atomic mass is 16.5. The molecule has 3 rings (SSSR count). The number of H-pyrrole nitrogens is 1. The first-order valence-corrected chi connectivity index (χ1v) is 7.01. The number of carbonyl (C=O) groups excluding carboxylic acids is 1. The lowest BCUT2D eigenvalue weighted by molar-refractivity contribution is -0.0266.